The van der Waals surface area contributed by atoms with Crippen LogP contribution in [0.25, 0.3) is 11.0 Å². The summed E-state index contributed by atoms with van der Waals surface area (Å²) in [6.45, 7) is 0. The van der Waals surface area contributed by atoms with Crippen LogP contribution in [0.5, 0.6) is 5.75 Å². The third kappa shape index (κ3) is 2.81. The molecule has 1 aromatic heterocycles. The van der Waals surface area contributed by atoms with E-state index in [1.807, 2.05) is 6.07 Å². The molecule has 0 N–H and O–H groups in total. The quantitative estimate of drug-likeness (QED) is 0.547. The molecule has 0 spiro atoms. The minimum atomic E-state index is -0.489. The summed E-state index contributed by atoms with van der Waals surface area (Å²) in [7, 11) is 0. The molecular formula is C17H10FNO3. The van der Waals surface area contributed by atoms with E-state index in [1.165, 1.54) is 24.5 Å². The van der Waals surface area contributed by atoms with Gasteiger partial charge in [-0.05, 0) is 42.5 Å². The van der Waals surface area contributed by atoms with Crippen molar-refractivity contribution < 1.29 is 18.3 Å². The van der Waals surface area contributed by atoms with Gasteiger partial charge in [0, 0.05) is 10.9 Å². The van der Waals surface area contributed by atoms with E-state index in [0.29, 0.717) is 27.8 Å². The van der Waals surface area contributed by atoms with Crippen molar-refractivity contribution in [2.75, 3.05) is 0 Å². The lowest BCUT2D eigenvalue weighted by Crippen LogP contribution is -2.10. The number of rotatable bonds is 3. The summed E-state index contributed by atoms with van der Waals surface area (Å²) in [5, 5.41) is 9.26. The summed E-state index contributed by atoms with van der Waals surface area (Å²) in [6.07, 6.45) is 1.39. The Morgan fingerprint density at radius 3 is 2.73 bits per heavy atom. The highest BCUT2D eigenvalue weighted by atomic mass is 19.1. The zero-order valence-corrected chi connectivity index (χ0v) is 11.4. The average molecular weight is 295 g/mol. The molecule has 0 unspecified atom stereocenters. The van der Waals surface area contributed by atoms with Crippen molar-refractivity contribution in [2.24, 2.45) is 0 Å². The first-order valence-electron chi connectivity index (χ1n) is 6.52. The predicted octanol–water partition coefficient (Wildman–Crippen LogP) is 3.59. The molecule has 3 aromatic rings. The van der Waals surface area contributed by atoms with Crippen LogP contribution in [0.4, 0.5) is 4.39 Å². The topological polar surface area (TPSA) is 63.2 Å². The molecule has 0 aliphatic rings. The molecule has 22 heavy (non-hydrogen) atoms. The molecule has 0 aliphatic heterocycles. The number of halogens is 1. The van der Waals surface area contributed by atoms with Gasteiger partial charge in [0.25, 0.3) is 0 Å². The van der Waals surface area contributed by atoms with E-state index in [2.05, 4.69) is 0 Å². The van der Waals surface area contributed by atoms with Crippen LogP contribution in [-0.2, 0) is 11.2 Å². The maximum atomic E-state index is 13.3. The Hall–Kier alpha value is -3.13. The largest absolute Gasteiger partial charge is 0.464 e. The molecule has 0 radical (unpaired) electrons. The van der Waals surface area contributed by atoms with Crippen molar-refractivity contribution in [1.29, 1.82) is 5.26 Å². The van der Waals surface area contributed by atoms with Crippen molar-refractivity contribution in [2.45, 2.75) is 6.42 Å². The number of fused-ring (bicyclic) bond motifs is 1. The van der Waals surface area contributed by atoms with Crippen molar-refractivity contribution in [3.05, 3.63) is 65.7 Å². The first kappa shape index (κ1) is 13.8. The van der Waals surface area contributed by atoms with E-state index in [1.54, 1.807) is 24.3 Å². The highest BCUT2D eigenvalue weighted by Crippen LogP contribution is 2.23. The highest BCUT2D eigenvalue weighted by molar-refractivity contribution is 5.86. The van der Waals surface area contributed by atoms with E-state index in [0.717, 1.165) is 0 Å². The Labute approximate surface area is 125 Å². The van der Waals surface area contributed by atoms with Crippen LogP contribution in [-0.4, -0.2) is 5.97 Å². The van der Waals surface area contributed by atoms with Gasteiger partial charge < -0.3 is 9.15 Å². The molecule has 2 aromatic carbocycles. The normalized spacial score (nSPS) is 10.4. The smallest absolute Gasteiger partial charge is 0.315 e. The molecule has 108 valence electrons. The third-order valence-electron chi connectivity index (χ3n) is 3.17. The molecule has 1 heterocycles. The standard InChI is InChI=1S/C17H10FNO3/c18-13-3-6-16-15(8-13)12(10-21-16)7-17(20)22-14-4-1-11(9-19)2-5-14/h1-6,8,10H,7H2. The molecule has 0 atom stereocenters. The van der Waals surface area contributed by atoms with E-state index < -0.39 is 11.8 Å². The Kier molecular flexibility index (Phi) is 3.58. The van der Waals surface area contributed by atoms with Crippen LogP contribution < -0.4 is 4.74 Å². The SMILES string of the molecule is N#Cc1ccc(OC(=O)Cc2coc3ccc(F)cc23)cc1. The molecule has 0 aliphatic carbocycles. The minimum Gasteiger partial charge on any atom is -0.464 e. The second kappa shape index (κ2) is 5.70. The number of hydrogen-bond donors (Lipinski definition) is 0. The number of carbonyl (C=O) groups excluding carboxylic acids is 1. The van der Waals surface area contributed by atoms with Gasteiger partial charge in [-0.1, -0.05) is 0 Å². The monoisotopic (exact) mass is 295 g/mol. The van der Waals surface area contributed by atoms with Gasteiger partial charge in [-0.15, -0.1) is 0 Å². The van der Waals surface area contributed by atoms with E-state index in [4.69, 9.17) is 14.4 Å². The van der Waals surface area contributed by atoms with E-state index >= 15 is 0 Å². The summed E-state index contributed by atoms with van der Waals surface area (Å²) in [5.74, 6) is -0.532. The summed E-state index contributed by atoms with van der Waals surface area (Å²) in [4.78, 5) is 11.9. The molecular weight excluding hydrogens is 285 g/mol. The van der Waals surface area contributed by atoms with Crippen molar-refractivity contribution in [3.8, 4) is 11.8 Å². The van der Waals surface area contributed by atoms with E-state index in [-0.39, 0.29) is 6.42 Å². The van der Waals surface area contributed by atoms with Crippen molar-refractivity contribution in [3.63, 3.8) is 0 Å². The lowest BCUT2D eigenvalue weighted by atomic mass is 10.1. The highest BCUT2D eigenvalue weighted by Gasteiger charge is 2.13. The van der Waals surface area contributed by atoms with Gasteiger partial charge in [-0.3, -0.25) is 4.79 Å². The lowest BCUT2D eigenvalue weighted by molar-refractivity contribution is -0.133. The average Bonchev–Trinajstić information content (AvgIpc) is 2.90. The number of nitrogens with zero attached hydrogens (tertiary/aromatic N) is 1. The fourth-order valence-electron chi connectivity index (χ4n) is 2.11. The van der Waals surface area contributed by atoms with Crippen LogP contribution in [0.3, 0.4) is 0 Å². The number of esters is 1. The molecule has 4 nitrogen and oxygen atoms in total. The molecule has 0 saturated carbocycles. The second-order valence-corrected chi connectivity index (χ2v) is 4.69. The number of nitriles is 1. The number of hydrogen-bond acceptors (Lipinski definition) is 4. The predicted molar refractivity (Wildman–Crippen MR) is 76.7 cm³/mol. The Bertz CT molecular complexity index is 875. The number of furan rings is 1. The van der Waals surface area contributed by atoms with Gasteiger partial charge in [0.2, 0.25) is 0 Å². The van der Waals surface area contributed by atoms with Gasteiger partial charge in [-0.2, -0.15) is 5.26 Å². The first-order valence-corrected chi connectivity index (χ1v) is 6.52. The van der Waals surface area contributed by atoms with E-state index in [9.17, 15) is 9.18 Å². The molecule has 0 bridgehead atoms. The lowest BCUT2D eigenvalue weighted by Gasteiger charge is -2.03. The first-order chi connectivity index (χ1) is 10.7. The number of benzene rings is 2. The summed E-state index contributed by atoms with van der Waals surface area (Å²) >= 11 is 0. The molecule has 0 saturated heterocycles. The third-order valence-corrected chi connectivity index (χ3v) is 3.17. The molecule has 0 fully saturated rings. The Morgan fingerprint density at radius 2 is 2.00 bits per heavy atom. The van der Waals surface area contributed by atoms with Gasteiger partial charge in [0.15, 0.2) is 0 Å². The maximum absolute atomic E-state index is 13.3. The van der Waals surface area contributed by atoms with Crippen LogP contribution in [0.2, 0.25) is 0 Å². The fourth-order valence-corrected chi connectivity index (χ4v) is 2.11. The number of carbonyl (C=O) groups is 1. The fraction of sp³-hybridized carbons (Fsp3) is 0.0588. The zero-order valence-electron chi connectivity index (χ0n) is 11.4. The van der Waals surface area contributed by atoms with Gasteiger partial charge in [0.05, 0.1) is 24.3 Å². The Balaban J connectivity index is 1.75. The molecule has 3 rings (SSSR count). The molecule has 0 amide bonds. The van der Waals surface area contributed by atoms with Gasteiger partial charge in [0.1, 0.15) is 17.1 Å². The minimum absolute atomic E-state index is 0.0313. The van der Waals surface area contributed by atoms with Gasteiger partial charge in [-0.25, -0.2) is 4.39 Å². The second-order valence-electron chi connectivity index (χ2n) is 4.69. The van der Waals surface area contributed by atoms with Crippen LogP contribution in [0, 0.1) is 17.1 Å². The zero-order chi connectivity index (χ0) is 15.5. The summed E-state index contributed by atoms with van der Waals surface area (Å²) in [6, 6.07) is 12.3. The van der Waals surface area contributed by atoms with Gasteiger partial charge >= 0.3 is 5.97 Å². The van der Waals surface area contributed by atoms with Crippen molar-refractivity contribution in [1.82, 2.24) is 0 Å². The Morgan fingerprint density at radius 1 is 1.23 bits per heavy atom. The van der Waals surface area contributed by atoms with Crippen LogP contribution in [0.15, 0.2) is 53.1 Å². The summed E-state index contributed by atoms with van der Waals surface area (Å²) < 4.78 is 23.7. The van der Waals surface area contributed by atoms with Crippen molar-refractivity contribution >= 4 is 16.9 Å². The number of ether oxygens (including phenoxy) is 1. The van der Waals surface area contributed by atoms with Crippen LogP contribution in [0.1, 0.15) is 11.1 Å². The van der Waals surface area contributed by atoms with Crippen LogP contribution >= 0.6 is 0 Å². The molecule has 5 heteroatoms. The summed E-state index contributed by atoms with van der Waals surface area (Å²) in [5.41, 5.74) is 1.56. The maximum Gasteiger partial charge on any atom is 0.315 e.